The van der Waals surface area contributed by atoms with Gasteiger partial charge in [0.2, 0.25) is 11.8 Å². The first-order chi connectivity index (χ1) is 13.0. The number of hydrogen-bond donors (Lipinski definition) is 2. The summed E-state index contributed by atoms with van der Waals surface area (Å²) in [6.07, 6.45) is 0.201. The van der Waals surface area contributed by atoms with Crippen molar-refractivity contribution < 1.29 is 9.59 Å². The van der Waals surface area contributed by atoms with Gasteiger partial charge in [-0.15, -0.1) is 0 Å². The summed E-state index contributed by atoms with van der Waals surface area (Å²) in [7, 11) is 0. The lowest BCUT2D eigenvalue weighted by atomic mass is 9.97. The Hall–Kier alpha value is -3.41. The molecule has 2 aromatic carbocycles. The van der Waals surface area contributed by atoms with Crippen LogP contribution in [0.5, 0.6) is 0 Å². The first-order valence-electron chi connectivity index (χ1n) is 8.80. The highest BCUT2D eigenvalue weighted by Gasteiger charge is 2.26. The average Bonchev–Trinajstić information content (AvgIpc) is 2.65. The van der Waals surface area contributed by atoms with Gasteiger partial charge in [0, 0.05) is 22.8 Å². The Balaban J connectivity index is 1.62. The normalized spacial score (nSPS) is 15.9. The monoisotopic (exact) mass is 361 g/mol. The second kappa shape index (κ2) is 6.72. The molecule has 0 aliphatic carbocycles. The number of carbonyl (C=O) groups excluding carboxylic acids is 2. The molecule has 3 aromatic rings. The summed E-state index contributed by atoms with van der Waals surface area (Å²) in [6.45, 7) is 1.89. The van der Waals surface area contributed by atoms with Crippen LogP contribution in [0, 0.1) is 6.92 Å². The lowest BCUT2D eigenvalue weighted by Crippen LogP contribution is -2.37. The summed E-state index contributed by atoms with van der Waals surface area (Å²) in [4.78, 5) is 36.8. The third kappa shape index (κ3) is 3.21. The Morgan fingerprint density at radius 2 is 1.89 bits per heavy atom. The van der Waals surface area contributed by atoms with Crippen molar-refractivity contribution in [1.29, 1.82) is 0 Å². The van der Waals surface area contributed by atoms with Crippen LogP contribution < -0.4 is 16.1 Å². The van der Waals surface area contributed by atoms with Crippen molar-refractivity contribution in [3.8, 4) is 0 Å². The molecule has 0 bridgehead atoms. The summed E-state index contributed by atoms with van der Waals surface area (Å²) < 4.78 is 1.82. The van der Waals surface area contributed by atoms with Crippen molar-refractivity contribution in [2.75, 3.05) is 5.32 Å². The fourth-order valence-electron chi connectivity index (χ4n) is 3.59. The number of benzene rings is 2. The molecule has 27 heavy (non-hydrogen) atoms. The number of fused-ring (bicyclic) bond motifs is 2. The van der Waals surface area contributed by atoms with Crippen LogP contribution in [0.15, 0.2) is 59.4 Å². The fourth-order valence-corrected chi connectivity index (χ4v) is 3.59. The highest BCUT2D eigenvalue weighted by Crippen LogP contribution is 2.30. The molecular formula is C21H19N3O3. The number of amides is 2. The second-order valence-electron chi connectivity index (χ2n) is 6.71. The second-order valence-corrected chi connectivity index (χ2v) is 6.71. The van der Waals surface area contributed by atoms with Gasteiger partial charge in [0.1, 0.15) is 6.54 Å². The van der Waals surface area contributed by atoms with Crippen molar-refractivity contribution in [2.24, 2.45) is 0 Å². The molecule has 6 nitrogen and oxygen atoms in total. The topological polar surface area (TPSA) is 80.2 Å². The van der Waals surface area contributed by atoms with Crippen molar-refractivity contribution in [3.05, 3.63) is 76.1 Å². The number of aromatic nitrogens is 1. The molecule has 0 spiro atoms. The lowest BCUT2D eigenvalue weighted by Gasteiger charge is -2.26. The Bertz CT molecular complexity index is 1120. The number of nitrogens with one attached hydrogen (secondary N) is 2. The minimum absolute atomic E-state index is 0.0577. The first kappa shape index (κ1) is 17.0. The van der Waals surface area contributed by atoms with Crippen LogP contribution in [-0.4, -0.2) is 16.4 Å². The summed E-state index contributed by atoms with van der Waals surface area (Å²) >= 11 is 0. The molecule has 2 N–H and O–H groups in total. The van der Waals surface area contributed by atoms with Crippen LogP contribution in [0.4, 0.5) is 5.69 Å². The molecular weight excluding hydrogens is 342 g/mol. The van der Waals surface area contributed by atoms with Gasteiger partial charge in [0.15, 0.2) is 5.43 Å². The molecule has 1 unspecified atom stereocenters. The minimum atomic E-state index is -0.367. The van der Waals surface area contributed by atoms with Gasteiger partial charge in [0.05, 0.1) is 18.0 Å². The van der Waals surface area contributed by atoms with Gasteiger partial charge in [-0.05, 0) is 30.7 Å². The van der Waals surface area contributed by atoms with Crippen LogP contribution in [0.1, 0.15) is 23.7 Å². The zero-order chi connectivity index (χ0) is 19.0. The molecule has 1 aromatic heterocycles. The van der Waals surface area contributed by atoms with Crippen molar-refractivity contribution in [2.45, 2.75) is 25.9 Å². The largest absolute Gasteiger partial charge is 0.347 e. The number of aryl methyl sites for hydroxylation is 1. The summed E-state index contributed by atoms with van der Waals surface area (Å²) in [5, 5.41) is 6.37. The molecule has 2 heterocycles. The predicted molar refractivity (Wildman–Crippen MR) is 104 cm³/mol. The number of para-hydroxylation sites is 2. The number of anilines is 1. The van der Waals surface area contributed by atoms with Crippen molar-refractivity contribution >= 4 is 28.4 Å². The lowest BCUT2D eigenvalue weighted by molar-refractivity contribution is -0.123. The van der Waals surface area contributed by atoms with E-state index < -0.39 is 0 Å². The van der Waals surface area contributed by atoms with Gasteiger partial charge in [-0.25, -0.2) is 0 Å². The molecule has 2 amide bonds. The molecule has 0 saturated heterocycles. The van der Waals surface area contributed by atoms with E-state index in [0.717, 1.165) is 22.5 Å². The highest BCUT2D eigenvalue weighted by molar-refractivity contribution is 5.95. The predicted octanol–water partition coefficient (Wildman–Crippen LogP) is 2.51. The molecule has 6 heteroatoms. The number of nitrogens with zero attached hydrogens (tertiary/aromatic N) is 1. The number of rotatable bonds is 3. The summed E-state index contributed by atoms with van der Waals surface area (Å²) in [6, 6.07) is 15.9. The first-order valence-corrected chi connectivity index (χ1v) is 8.80. The molecule has 1 aliphatic rings. The maximum atomic E-state index is 12.7. The molecule has 0 radical (unpaired) electrons. The zero-order valence-corrected chi connectivity index (χ0v) is 14.9. The summed E-state index contributed by atoms with van der Waals surface area (Å²) in [5.41, 5.74) is 3.00. The van der Waals surface area contributed by atoms with Gasteiger partial charge < -0.3 is 15.2 Å². The molecule has 0 saturated carbocycles. The SMILES string of the molecule is Cc1cc(=O)c2ccccc2n1CC(=O)NC1CC(=O)Nc2ccccc21. The third-order valence-electron chi connectivity index (χ3n) is 4.86. The van der Waals surface area contributed by atoms with Crippen LogP contribution in [0.2, 0.25) is 0 Å². The van der Waals surface area contributed by atoms with Crippen LogP contribution in [-0.2, 0) is 16.1 Å². The number of pyridine rings is 1. The Kier molecular flexibility index (Phi) is 4.24. The van der Waals surface area contributed by atoms with E-state index in [1.807, 2.05) is 47.9 Å². The van der Waals surface area contributed by atoms with Crippen LogP contribution in [0.25, 0.3) is 10.9 Å². The maximum Gasteiger partial charge on any atom is 0.240 e. The van der Waals surface area contributed by atoms with Gasteiger partial charge in [0.25, 0.3) is 0 Å². The van der Waals surface area contributed by atoms with Crippen molar-refractivity contribution in [3.63, 3.8) is 0 Å². The Morgan fingerprint density at radius 1 is 1.15 bits per heavy atom. The van der Waals surface area contributed by atoms with Gasteiger partial charge >= 0.3 is 0 Å². The van der Waals surface area contributed by atoms with E-state index in [2.05, 4.69) is 10.6 Å². The quantitative estimate of drug-likeness (QED) is 0.752. The smallest absolute Gasteiger partial charge is 0.240 e. The van der Waals surface area contributed by atoms with Gasteiger partial charge in [-0.2, -0.15) is 0 Å². The Morgan fingerprint density at radius 3 is 2.74 bits per heavy atom. The van der Waals surface area contributed by atoms with Crippen molar-refractivity contribution in [1.82, 2.24) is 9.88 Å². The van der Waals surface area contributed by atoms with Gasteiger partial charge in [-0.1, -0.05) is 30.3 Å². The molecule has 4 rings (SSSR count). The number of hydrogen-bond acceptors (Lipinski definition) is 3. The van der Waals surface area contributed by atoms with Crippen LogP contribution in [0.3, 0.4) is 0 Å². The zero-order valence-electron chi connectivity index (χ0n) is 14.9. The summed E-state index contributed by atoms with van der Waals surface area (Å²) in [5.74, 6) is -0.328. The van der Waals surface area contributed by atoms with E-state index in [1.54, 1.807) is 18.2 Å². The third-order valence-corrected chi connectivity index (χ3v) is 4.86. The standard InChI is InChI=1S/C21H19N3O3/c1-13-10-19(25)15-7-3-5-9-18(15)24(13)12-21(27)23-17-11-20(26)22-16-8-4-2-6-14(16)17/h2-10,17H,11-12H2,1H3,(H,22,26)(H,23,27). The molecule has 0 fully saturated rings. The van der Waals surface area contributed by atoms with E-state index in [-0.39, 0.29) is 36.3 Å². The van der Waals surface area contributed by atoms with E-state index in [9.17, 15) is 14.4 Å². The van der Waals surface area contributed by atoms with E-state index >= 15 is 0 Å². The van der Waals surface area contributed by atoms with E-state index in [1.165, 1.54) is 0 Å². The van der Waals surface area contributed by atoms with E-state index in [0.29, 0.717) is 5.39 Å². The molecule has 1 aliphatic heterocycles. The molecule has 1 atom stereocenters. The number of carbonyl (C=O) groups is 2. The highest BCUT2D eigenvalue weighted by atomic mass is 16.2. The minimum Gasteiger partial charge on any atom is -0.347 e. The maximum absolute atomic E-state index is 12.7. The van der Waals surface area contributed by atoms with Crippen LogP contribution >= 0.6 is 0 Å². The molecule has 136 valence electrons. The average molecular weight is 361 g/mol. The van der Waals surface area contributed by atoms with E-state index in [4.69, 9.17) is 0 Å². The van der Waals surface area contributed by atoms with Gasteiger partial charge in [-0.3, -0.25) is 14.4 Å². The Labute approximate surface area is 155 Å². The fraction of sp³-hybridized carbons (Fsp3) is 0.190.